The topological polar surface area (TPSA) is 42.2 Å². The van der Waals surface area contributed by atoms with Gasteiger partial charge in [-0.15, -0.1) is 6.42 Å². The van der Waals surface area contributed by atoms with Crippen LogP contribution in [-0.4, -0.2) is 13.2 Å². The van der Waals surface area contributed by atoms with Crippen molar-refractivity contribution >= 4 is 34.2 Å². The highest BCUT2D eigenvalue weighted by molar-refractivity contribution is 14.1. The second-order valence-corrected chi connectivity index (χ2v) is 6.07. The first-order chi connectivity index (χ1) is 12.1. The SMILES string of the molecule is C#CCOc1c(I)cc(C=C(C#N)c2ccccc2F)cc1OCC. The molecule has 126 valence electrons. The molecule has 0 bridgehead atoms. The van der Waals surface area contributed by atoms with Gasteiger partial charge in [0.2, 0.25) is 0 Å². The summed E-state index contributed by atoms with van der Waals surface area (Å²) in [6.07, 6.45) is 6.86. The van der Waals surface area contributed by atoms with Gasteiger partial charge in [0.05, 0.1) is 21.8 Å². The third-order valence-corrected chi connectivity index (χ3v) is 4.03. The number of terminal acetylenes is 1. The lowest BCUT2D eigenvalue weighted by Gasteiger charge is -2.13. The largest absolute Gasteiger partial charge is 0.490 e. The molecule has 0 heterocycles. The summed E-state index contributed by atoms with van der Waals surface area (Å²) in [5.41, 5.74) is 1.19. The summed E-state index contributed by atoms with van der Waals surface area (Å²) in [6, 6.07) is 11.8. The number of allylic oxidation sites excluding steroid dienone is 1. The van der Waals surface area contributed by atoms with E-state index in [4.69, 9.17) is 15.9 Å². The van der Waals surface area contributed by atoms with Gasteiger partial charge in [0.25, 0.3) is 0 Å². The molecule has 0 aliphatic heterocycles. The lowest BCUT2D eigenvalue weighted by Crippen LogP contribution is -2.01. The van der Waals surface area contributed by atoms with Gasteiger partial charge in [-0.05, 0) is 59.4 Å². The number of hydrogen-bond donors (Lipinski definition) is 0. The summed E-state index contributed by atoms with van der Waals surface area (Å²) >= 11 is 2.11. The molecule has 5 heteroatoms. The molecule has 3 nitrogen and oxygen atoms in total. The van der Waals surface area contributed by atoms with Crippen LogP contribution in [0.15, 0.2) is 36.4 Å². The van der Waals surface area contributed by atoms with Crippen LogP contribution in [0.25, 0.3) is 11.6 Å². The first-order valence-electron chi connectivity index (χ1n) is 7.50. The number of nitrogens with zero attached hydrogens (tertiary/aromatic N) is 1. The zero-order valence-corrected chi connectivity index (χ0v) is 15.7. The van der Waals surface area contributed by atoms with Gasteiger partial charge in [-0.1, -0.05) is 24.1 Å². The molecule has 0 saturated carbocycles. The van der Waals surface area contributed by atoms with Gasteiger partial charge < -0.3 is 9.47 Å². The van der Waals surface area contributed by atoms with Crippen molar-refractivity contribution in [2.75, 3.05) is 13.2 Å². The smallest absolute Gasteiger partial charge is 0.175 e. The van der Waals surface area contributed by atoms with Crippen LogP contribution in [0.1, 0.15) is 18.1 Å². The van der Waals surface area contributed by atoms with Crippen LogP contribution in [-0.2, 0) is 0 Å². The molecule has 0 unspecified atom stereocenters. The van der Waals surface area contributed by atoms with E-state index in [0.29, 0.717) is 23.7 Å². The van der Waals surface area contributed by atoms with Crippen molar-refractivity contribution in [3.63, 3.8) is 0 Å². The molecule has 0 fully saturated rings. The minimum atomic E-state index is -0.441. The molecule has 25 heavy (non-hydrogen) atoms. The van der Waals surface area contributed by atoms with Gasteiger partial charge in [0, 0.05) is 5.56 Å². The Morgan fingerprint density at radius 3 is 2.72 bits per heavy atom. The summed E-state index contributed by atoms with van der Waals surface area (Å²) in [5.74, 6) is 3.06. The third kappa shape index (κ3) is 4.74. The molecule has 0 N–H and O–H groups in total. The Labute approximate surface area is 160 Å². The zero-order chi connectivity index (χ0) is 18.2. The zero-order valence-electron chi connectivity index (χ0n) is 13.6. The van der Waals surface area contributed by atoms with Crippen molar-refractivity contribution in [3.8, 4) is 29.9 Å². The second kappa shape index (κ2) is 9.10. The van der Waals surface area contributed by atoms with Gasteiger partial charge in [0.15, 0.2) is 11.5 Å². The molecule has 0 saturated heterocycles. The van der Waals surface area contributed by atoms with Crippen molar-refractivity contribution in [1.82, 2.24) is 0 Å². The Balaban J connectivity index is 2.50. The highest BCUT2D eigenvalue weighted by Crippen LogP contribution is 2.35. The van der Waals surface area contributed by atoms with Crippen LogP contribution < -0.4 is 9.47 Å². The summed E-state index contributed by atoms with van der Waals surface area (Å²) < 4.78 is 25.9. The Bertz CT molecular complexity index is 878. The number of rotatable bonds is 6. The quantitative estimate of drug-likeness (QED) is 0.274. The molecule has 0 aliphatic carbocycles. The van der Waals surface area contributed by atoms with Crippen molar-refractivity contribution < 1.29 is 13.9 Å². The fourth-order valence-electron chi connectivity index (χ4n) is 2.20. The van der Waals surface area contributed by atoms with Crippen LogP contribution in [0.2, 0.25) is 0 Å². The number of halogens is 2. The number of hydrogen-bond acceptors (Lipinski definition) is 3. The maximum Gasteiger partial charge on any atom is 0.175 e. The van der Waals surface area contributed by atoms with E-state index in [1.807, 2.05) is 19.1 Å². The van der Waals surface area contributed by atoms with E-state index >= 15 is 0 Å². The van der Waals surface area contributed by atoms with Crippen molar-refractivity contribution in [2.45, 2.75) is 6.92 Å². The molecule has 2 aromatic rings. The van der Waals surface area contributed by atoms with Crippen LogP contribution in [0.4, 0.5) is 4.39 Å². The van der Waals surface area contributed by atoms with Gasteiger partial charge in [-0.25, -0.2) is 4.39 Å². The molecule has 0 atom stereocenters. The molecule has 0 spiro atoms. The first-order valence-corrected chi connectivity index (χ1v) is 8.57. The van der Waals surface area contributed by atoms with Gasteiger partial charge in [0.1, 0.15) is 12.4 Å². The maximum absolute atomic E-state index is 14.0. The Kier molecular flexibility index (Phi) is 6.85. The first kappa shape index (κ1) is 18.8. The fourth-order valence-corrected chi connectivity index (χ4v) is 2.99. The molecule has 2 rings (SSSR count). The van der Waals surface area contributed by atoms with Gasteiger partial charge in [-0.2, -0.15) is 5.26 Å². The Morgan fingerprint density at radius 2 is 2.08 bits per heavy atom. The number of benzene rings is 2. The minimum absolute atomic E-state index is 0.129. The second-order valence-electron chi connectivity index (χ2n) is 4.91. The lowest BCUT2D eigenvalue weighted by atomic mass is 10.0. The molecule has 2 aromatic carbocycles. The van der Waals surface area contributed by atoms with Crippen LogP contribution in [0.3, 0.4) is 0 Å². The normalized spacial score (nSPS) is 10.7. The van der Waals surface area contributed by atoms with E-state index in [1.165, 1.54) is 6.07 Å². The van der Waals surface area contributed by atoms with E-state index in [9.17, 15) is 9.65 Å². The molecule has 0 aliphatic rings. The van der Waals surface area contributed by atoms with Crippen molar-refractivity contribution in [2.24, 2.45) is 0 Å². The summed E-state index contributed by atoms with van der Waals surface area (Å²) in [5, 5.41) is 9.41. The monoisotopic (exact) mass is 447 g/mol. The van der Waals surface area contributed by atoms with E-state index in [1.54, 1.807) is 30.3 Å². The summed E-state index contributed by atoms with van der Waals surface area (Å²) in [4.78, 5) is 0. The van der Waals surface area contributed by atoms with Crippen molar-refractivity contribution in [3.05, 3.63) is 56.9 Å². The van der Waals surface area contributed by atoms with E-state index in [0.717, 1.165) is 3.57 Å². The number of ether oxygens (including phenoxy) is 2. The van der Waals surface area contributed by atoms with E-state index < -0.39 is 5.82 Å². The predicted molar refractivity (Wildman–Crippen MR) is 105 cm³/mol. The highest BCUT2D eigenvalue weighted by Gasteiger charge is 2.13. The summed E-state index contributed by atoms with van der Waals surface area (Å²) in [6.45, 7) is 2.44. The Hall–Kier alpha value is -2.51. The highest BCUT2D eigenvalue weighted by atomic mass is 127. The van der Waals surface area contributed by atoms with E-state index in [2.05, 4.69) is 28.5 Å². The van der Waals surface area contributed by atoms with E-state index in [-0.39, 0.29) is 17.7 Å². The Morgan fingerprint density at radius 1 is 1.32 bits per heavy atom. The van der Waals surface area contributed by atoms with Crippen LogP contribution in [0.5, 0.6) is 11.5 Å². The van der Waals surface area contributed by atoms with Gasteiger partial charge >= 0.3 is 0 Å². The van der Waals surface area contributed by atoms with Gasteiger partial charge in [-0.3, -0.25) is 0 Å². The standard InChI is InChI=1S/C20H15FINO2/c1-3-9-25-20-18(22)11-14(12-19(20)24-4-2)10-15(13-23)16-7-5-6-8-17(16)21/h1,5-8,10-12H,4,9H2,2H3. The molecule has 0 radical (unpaired) electrons. The van der Waals surface area contributed by atoms with Crippen LogP contribution >= 0.6 is 22.6 Å². The van der Waals surface area contributed by atoms with Crippen LogP contribution in [0, 0.1) is 33.1 Å². The molecule has 0 amide bonds. The molecular weight excluding hydrogens is 432 g/mol. The predicted octanol–water partition coefficient (Wildman–Crippen LogP) is 4.91. The van der Waals surface area contributed by atoms with Crippen molar-refractivity contribution in [1.29, 1.82) is 5.26 Å². The maximum atomic E-state index is 14.0. The fraction of sp³-hybridized carbons (Fsp3) is 0.150. The molecular formula is C20H15FINO2. The average molecular weight is 447 g/mol. The summed E-state index contributed by atoms with van der Waals surface area (Å²) in [7, 11) is 0. The molecule has 0 aromatic heterocycles. The number of nitriles is 1. The lowest BCUT2D eigenvalue weighted by molar-refractivity contribution is 0.297. The average Bonchev–Trinajstić information content (AvgIpc) is 2.60. The third-order valence-electron chi connectivity index (χ3n) is 3.23. The minimum Gasteiger partial charge on any atom is -0.490 e.